The molecule has 0 atom stereocenters. The highest BCUT2D eigenvalue weighted by molar-refractivity contribution is 5.99. The molecule has 5 heteroatoms. The van der Waals surface area contributed by atoms with Crippen molar-refractivity contribution in [2.75, 3.05) is 18.8 Å². The second kappa shape index (κ2) is 3.68. The SMILES string of the molecule is Nc1c(F)cccc1C(=O)N1CC(O)(C2CC2)C1. The van der Waals surface area contributed by atoms with Crippen LogP contribution in [0.4, 0.5) is 10.1 Å². The van der Waals surface area contributed by atoms with Gasteiger partial charge in [-0.15, -0.1) is 0 Å². The van der Waals surface area contributed by atoms with E-state index in [4.69, 9.17) is 5.73 Å². The van der Waals surface area contributed by atoms with Gasteiger partial charge in [0.05, 0.1) is 24.3 Å². The van der Waals surface area contributed by atoms with Crippen LogP contribution in [0, 0.1) is 11.7 Å². The van der Waals surface area contributed by atoms with Gasteiger partial charge in [-0.3, -0.25) is 4.79 Å². The van der Waals surface area contributed by atoms with Gasteiger partial charge in [-0.1, -0.05) is 6.07 Å². The number of carbonyl (C=O) groups excluding carboxylic acids is 1. The number of β-amino-alcohol motifs (C(OH)–C–C–N with tert-alkyl or cyclic N) is 1. The highest BCUT2D eigenvalue weighted by atomic mass is 19.1. The Kier molecular flexibility index (Phi) is 2.35. The minimum atomic E-state index is -0.724. The molecule has 2 fully saturated rings. The predicted octanol–water partition coefficient (Wildman–Crippen LogP) is 1.00. The molecule has 0 spiro atoms. The Bertz CT molecular complexity index is 508. The van der Waals surface area contributed by atoms with Gasteiger partial charge in [-0.25, -0.2) is 4.39 Å². The summed E-state index contributed by atoms with van der Waals surface area (Å²) >= 11 is 0. The van der Waals surface area contributed by atoms with E-state index in [9.17, 15) is 14.3 Å². The van der Waals surface area contributed by atoms with Gasteiger partial charge in [0.15, 0.2) is 0 Å². The summed E-state index contributed by atoms with van der Waals surface area (Å²) in [7, 11) is 0. The highest BCUT2D eigenvalue weighted by Gasteiger charge is 2.53. The van der Waals surface area contributed by atoms with Crippen molar-refractivity contribution in [1.29, 1.82) is 0 Å². The third-order valence-corrected chi connectivity index (χ3v) is 3.84. The lowest BCUT2D eigenvalue weighted by Gasteiger charge is -2.47. The maximum absolute atomic E-state index is 13.3. The van der Waals surface area contributed by atoms with Crippen molar-refractivity contribution in [3.05, 3.63) is 29.6 Å². The second-order valence-corrected chi connectivity index (χ2v) is 5.24. The summed E-state index contributed by atoms with van der Waals surface area (Å²) in [5.41, 5.74) is 4.88. The number of amides is 1. The Balaban J connectivity index is 1.74. The van der Waals surface area contributed by atoms with Crippen LogP contribution in [0.5, 0.6) is 0 Å². The highest BCUT2D eigenvalue weighted by Crippen LogP contribution is 2.44. The van der Waals surface area contributed by atoms with E-state index in [1.807, 2.05) is 0 Å². The van der Waals surface area contributed by atoms with E-state index in [0.29, 0.717) is 19.0 Å². The average Bonchev–Trinajstić information content (AvgIpc) is 3.12. The number of anilines is 1. The summed E-state index contributed by atoms with van der Waals surface area (Å²) in [4.78, 5) is 13.6. The van der Waals surface area contributed by atoms with Crippen LogP contribution in [0.15, 0.2) is 18.2 Å². The molecule has 1 aromatic rings. The summed E-state index contributed by atoms with van der Waals surface area (Å²) < 4.78 is 13.3. The number of benzene rings is 1. The van der Waals surface area contributed by atoms with Crippen LogP contribution < -0.4 is 5.73 Å². The molecule has 0 unspecified atom stereocenters. The molecule has 1 heterocycles. The summed E-state index contributed by atoms with van der Waals surface area (Å²) in [5.74, 6) is -0.567. The zero-order chi connectivity index (χ0) is 12.9. The van der Waals surface area contributed by atoms with Gasteiger partial charge < -0.3 is 15.7 Å². The second-order valence-electron chi connectivity index (χ2n) is 5.24. The van der Waals surface area contributed by atoms with E-state index >= 15 is 0 Å². The molecular formula is C13H15FN2O2. The molecule has 0 radical (unpaired) electrons. The lowest BCUT2D eigenvalue weighted by Crippen LogP contribution is -2.64. The Morgan fingerprint density at radius 3 is 2.72 bits per heavy atom. The molecule has 2 aliphatic rings. The van der Waals surface area contributed by atoms with Gasteiger partial charge in [0, 0.05) is 0 Å². The molecule has 18 heavy (non-hydrogen) atoms. The number of hydrogen-bond donors (Lipinski definition) is 2. The summed E-state index contributed by atoms with van der Waals surface area (Å²) in [6.07, 6.45) is 2.06. The Morgan fingerprint density at radius 2 is 2.11 bits per heavy atom. The Morgan fingerprint density at radius 1 is 1.44 bits per heavy atom. The fourth-order valence-corrected chi connectivity index (χ4v) is 2.53. The fourth-order valence-electron chi connectivity index (χ4n) is 2.53. The van der Waals surface area contributed by atoms with Crippen LogP contribution in [-0.4, -0.2) is 34.6 Å². The first-order valence-corrected chi connectivity index (χ1v) is 6.07. The number of nitrogens with two attached hydrogens (primary N) is 1. The normalized spacial score (nSPS) is 21.6. The van der Waals surface area contributed by atoms with Crippen molar-refractivity contribution in [2.24, 2.45) is 5.92 Å². The molecule has 4 nitrogen and oxygen atoms in total. The Hall–Kier alpha value is -1.62. The number of likely N-dealkylation sites (tertiary alicyclic amines) is 1. The molecular weight excluding hydrogens is 235 g/mol. The van der Waals surface area contributed by atoms with E-state index in [2.05, 4.69) is 0 Å². The minimum absolute atomic E-state index is 0.121. The van der Waals surface area contributed by atoms with Gasteiger partial charge >= 0.3 is 0 Å². The molecule has 1 aliphatic carbocycles. The molecule has 1 saturated carbocycles. The largest absolute Gasteiger partial charge is 0.396 e. The maximum atomic E-state index is 13.3. The van der Waals surface area contributed by atoms with Crippen LogP contribution >= 0.6 is 0 Å². The number of nitrogens with zero attached hydrogens (tertiary/aromatic N) is 1. The number of halogens is 1. The summed E-state index contributed by atoms with van der Waals surface area (Å²) in [6.45, 7) is 0.652. The molecule has 1 amide bonds. The van der Waals surface area contributed by atoms with Crippen LogP contribution in [-0.2, 0) is 0 Å². The fraction of sp³-hybridized carbons (Fsp3) is 0.462. The van der Waals surface area contributed by atoms with Crippen LogP contribution in [0.2, 0.25) is 0 Å². The number of nitrogen functional groups attached to an aromatic ring is 1. The average molecular weight is 250 g/mol. The van der Waals surface area contributed by atoms with E-state index < -0.39 is 11.4 Å². The van der Waals surface area contributed by atoms with Gasteiger partial charge in [-0.2, -0.15) is 0 Å². The molecule has 1 aromatic carbocycles. The minimum Gasteiger partial charge on any atom is -0.396 e. The van der Waals surface area contributed by atoms with Crippen LogP contribution in [0.25, 0.3) is 0 Å². The quantitative estimate of drug-likeness (QED) is 0.770. The zero-order valence-corrected chi connectivity index (χ0v) is 9.90. The van der Waals surface area contributed by atoms with Gasteiger partial charge in [0.1, 0.15) is 11.4 Å². The smallest absolute Gasteiger partial charge is 0.256 e. The molecule has 3 rings (SSSR count). The van der Waals surface area contributed by atoms with Crippen LogP contribution in [0.3, 0.4) is 0 Å². The standard InChI is InChI=1S/C13H15FN2O2/c14-10-3-1-2-9(11(10)15)12(17)16-6-13(18,7-16)8-4-5-8/h1-3,8,18H,4-7,15H2. The predicted molar refractivity (Wildman–Crippen MR) is 64.4 cm³/mol. The number of rotatable bonds is 2. The zero-order valence-electron chi connectivity index (χ0n) is 9.90. The van der Waals surface area contributed by atoms with E-state index in [1.54, 1.807) is 0 Å². The molecule has 3 N–H and O–H groups in total. The molecule has 0 aromatic heterocycles. The molecule has 1 aliphatic heterocycles. The van der Waals surface area contributed by atoms with Gasteiger partial charge in [0.2, 0.25) is 0 Å². The molecule has 0 bridgehead atoms. The summed E-state index contributed by atoms with van der Waals surface area (Å²) in [5, 5.41) is 10.1. The van der Waals surface area contributed by atoms with Crippen molar-refractivity contribution in [1.82, 2.24) is 4.90 Å². The number of para-hydroxylation sites is 1. The number of hydrogen-bond acceptors (Lipinski definition) is 3. The number of aliphatic hydroxyl groups is 1. The maximum Gasteiger partial charge on any atom is 0.256 e. The van der Waals surface area contributed by atoms with E-state index in [-0.39, 0.29) is 17.2 Å². The van der Waals surface area contributed by atoms with Crippen molar-refractivity contribution >= 4 is 11.6 Å². The first-order valence-electron chi connectivity index (χ1n) is 6.07. The first-order chi connectivity index (χ1) is 8.51. The topological polar surface area (TPSA) is 66.6 Å². The molecule has 96 valence electrons. The van der Waals surface area contributed by atoms with Crippen molar-refractivity contribution in [3.63, 3.8) is 0 Å². The monoisotopic (exact) mass is 250 g/mol. The third-order valence-electron chi connectivity index (χ3n) is 3.84. The van der Waals surface area contributed by atoms with Gasteiger partial charge in [-0.05, 0) is 30.9 Å². The third kappa shape index (κ3) is 1.66. The molecule has 1 saturated heterocycles. The van der Waals surface area contributed by atoms with E-state index in [0.717, 1.165) is 12.8 Å². The lowest BCUT2D eigenvalue weighted by atomic mass is 9.88. The Labute approximate surface area is 104 Å². The van der Waals surface area contributed by atoms with E-state index in [1.165, 1.54) is 23.1 Å². The first kappa shape index (κ1) is 11.5. The van der Waals surface area contributed by atoms with Crippen molar-refractivity contribution in [2.45, 2.75) is 18.4 Å². The van der Waals surface area contributed by atoms with Crippen LogP contribution in [0.1, 0.15) is 23.2 Å². The van der Waals surface area contributed by atoms with Crippen molar-refractivity contribution < 1.29 is 14.3 Å². The van der Waals surface area contributed by atoms with Gasteiger partial charge in [0.25, 0.3) is 5.91 Å². The lowest BCUT2D eigenvalue weighted by molar-refractivity contribution is -0.0957. The number of carbonyl (C=O) groups is 1. The van der Waals surface area contributed by atoms with Crippen molar-refractivity contribution in [3.8, 4) is 0 Å². The summed E-state index contributed by atoms with van der Waals surface area (Å²) in [6, 6.07) is 4.20.